The van der Waals surface area contributed by atoms with Gasteiger partial charge in [0.15, 0.2) is 0 Å². The monoisotopic (exact) mass is 530 g/mol. The second kappa shape index (κ2) is 13.5. The summed E-state index contributed by atoms with van der Waals surface area (Å²) in [5.41, 5.74) is 2.65. The quantitative estimate of drug-likeness (QED) is 0.339. The van der Waals surface area contributed by atoms with E-state index in [0.29, 0.717) is 16.8 Å². The van der Waals surface area contributed by atoms with Crippen LogP contribution in [0.3, 0.4) is 0 Å². The van der Waals surface area contributed by atoms with E-state index in [0.717, 1.165) is 11.1 Å². The van der Waals surface area contributed by atoms with Gasteiger partial charge in [0.05, 0.1) is 6.07 Å². The first-order valence-corrected chi connectivity index (χ1v) is 12.9. The number of anilines is 1. The van der Waals surface area contributed by atoms with E-state index in [2.05, 4.69) is 16.6 Å². The summed E-state index contributed by atoms with van der Waals surface area (Å²) in [7, 11) is 0. The number of benzene rings is 2. The number of hydrogen-bond acceptors (Lipinski definition) is 5. The van der Waals surface area contributed by atoms with Gasteiger partial charge in [0.2, 0.25) is 5.91 Å². The van der Waals surface area contributed by atoms with Crippen LogP contribution in [0.5, 0.6) is 0 Å². The van der Waals surface area contributed by atoms with Crippen LogP contribution < -0.4 is 10.6 Å². The number of nitrogens with zero attached hydrogens (tertiary/aromatic N) is 2. The van der Waals surface area contributed by atoms with Gasteiger partial charge in [-0.1, -0.05) is 50.1 Å². The number of hydrogen-bond donors (Lipinski definition) is 2. The van der Waals surface area contributed by atoms with Crippen LogP contribution in [0, 0.1) is 43.4 Å². The van der Waals surface area contributed by atoms with Crippen LogP contribution >= 0.6 is 0 Å². The van der Waals surface area contributed by atoms with Crippen molar-refractivity contribution < 1.29 is 19.1 Å². The third-order valence-electron chi connectivity index (χ3n) is 5.90. The third-order valence-corrected chi connectivity index (χ3v) is 5.90. The Morgan fingerprint density at radius 1 is 1.05 bits per heavy atom. The van der Waals surface area contributed by atoms with E-state index >= 15 is 0 Å². The summed E-state index contributed by atoms with van der Waals surface area (Å²) in [6.45, 7) is 12.4. The van der Waals surface area contributed by atoms with Gasteiger partial charge in [-0.2, -0.15) is 5.26 Å². The number of nitrogens with one attached hydrogen (secondary N) is 2. The predicted octanol–water partition coefficient (Wildman–Crippen LogP) is 5.26. The maximum atomic E-state index is 14.0. The maximum absolute atomic E-state index is 14.0. The van der Waals surface area contributed by atoms with Crippen LogP contribution in [0.1, 0.15) is 69.3 Å². The number of carbonyl (C=O) groups is 3. The molecule has 0 saturated carbocycles. The van der Waals surface area contributed by atoms with E-state index in [4.69, 9.17) is 11.2 Å². The van der Waals surface area contributed by atoms with Crippen LogP contribution in [-0.2, 0) is 14.3 Å². The zero-order chi connectivity index (χ0) is 29.3. The molecule has 206 valence electrons. The number of nitriles is 1. The van der Waals surface area contributed by atoms with Gasteiger partial charge in [-0.25, -0.2) is 4.79 Å². The molecule has 0 aromatic heterocycles. The largest absolute Gasteiger partial charge is 0.444 e. The average molecular weight is 531 g/mol. The molecule has 2 aromatic rings. The number of terminal acetylenes is 1. The van der Waals surface area contributed by atoms with Crippen LogP contribution in [0.2, 0.25) is 0 Å². The van der Waals surface area contributed by atoms with Gasteiger partial charge in [0.1, 0.15) is 24.2 Å². The van der Waals surface area contributed by atoms with Crippen LogP contribution in [-0.4, -0.2) is 41.0 Å². The smallest absolute Gasteiger partial charge is 0.408 e. The fourth-order valence-electron chi connectivity index (χ4n) is 4.15. The van der Waals surface area contributed by atoms with Gasteiger partial charge < -0.3 is 20.3 Å². The van der Waals surface area contributed by atoms with Gasteiger partial charge >= 0.3 is 6.09 Å². The van der Waals surface area contributed by atoms with Crippen molar-refractivity contribution in [2.45, 2.75) is 72.6 Å². The van der Waals surface area contributed by atoms with Crippen molar-refractivity contribution in [3.63, 3.8) is 0 Å². The first-order chi connectivity index (χ1) is 18.3. The summed E-state index contributed by atoms with van der Waals surface area (Å²) in [5.74, 6) is 1.50. The van der Waals surface area contributed by atoms with E-state index in [1.807, 2.05) is 52.0 Å². The molecule has 2 N–H and O–H groups in total. The van der Waals surface area contributed by atoms with Gasteiger partial charge in [-0.05, 0) is 75.8 Å². The fraction of sp³-hybridized carbons (Fsp3) is 0.419. The van der Waals surface area contributed by atoms with Crippen molar-refractivity contribution in [3.8, 4) is 18.4 Å². The molecule has 0 aliphatic rings. The van der Waals surface area contributed by atoms with Crippen molar-refractivity contribution in [3.05, 3.63) is 64.7 Å². The molecule has 0 aliphatic carbocycles. The number of amides is 3. The SMILES string of the molecule is C#Cc1ccc(C(C(=O)Nc2c(C)cccc2C)N(CC#N)C(=O)C(CC(C)C)NC(=O)OC(C)(C)C)cc1. The lowest BCUT2D eigenvalue weighted by Crippen LogP contribution is -2.53. The van der Waals surface area contributed by atoms with Crippen molar-refractivity contribution in [2.24, 2.45) is 5.92 Å². The Balaban J connectivity index is 2.57. The second-order valence-corrected chi connectivity index (χ2v) is 10.9. The third kappa shape index (κ3) is 8.90. The molecule has 0 radical (unpaired) electrons. The van der Waals surface area contributed by atoms with Crippen molar-refractivity contribution in [2.75, 3.05) is 11.9 Å². The highest BCUT2D eigenvalue weighted by Gasteiger charge is 2.37. The van der Waals surface area contributed by atoms with Gasteiger partial charge in [0, 0.05) is 11.3 Å². The minimum atomic E-state index is -1.17. The number of alkyl carbamates (subject to hydrolysis) is 1. The van der Waals surface area contributed by atoms with E-state index in [9.17, 15) is 19.6 Å². The summed E-state index contributed by atoms with van der Waals surface area (Å²) in [6, 6.07) is 12.1. The Morgan fingerprint density at radius 3 is 2.13 bits per heavy atom. The molecule has 0 spiro atoms. The van der Waals surface area contributed by atoms with Crippen LogP contribution in [0.15, 0.2) is 42.5 Å². The summed E-state index contributed by atoms with van der Waals surface area (Å²) >= 11 is 0. The van der Waals surface area contributed by atoms with E-state index in [1.54, 1.807) is 45.0 Å². The Kier molecular flexibility index (Phi) is 10.7. The predicted molar refractivity (Wildman–Crippen MR) is 152 cm³/mol. The highest BCUT2D eigenvalue weighted by Crippen LogP contribution is 2.27. The highest BCUT2D eigenvalue weighted by molar-refractivity contribution is 6.00. The lowest BCUT2D eigenvalue weighted by molar-refractivity contribution is -0.140. The van der Waals surface area contributed by atoms with Gasteiger partial charge in [-0.15, -0.1) is 6.42 Å². The molecule has 0 bridgehead atoms. The first kappa shape index (κ1) is 30.9. The maximum Gasteiger partial charge on any atom is 0.408 e. The number of carbonyl (C=O) groups excluding carboxylic acids is 3. The van der Waals surface area contributed by atoms with E-state index in [1.165, 1.54) is 4.90 Å². The Labute approximate surface area is 231 Å². The molecule has 2 aromatic carbocycles. The molecular weight excluding hydrogens is 492 g/mol. The molecule has 0 aliphatic heterocycles. The molecule has 2 rings (SSSR count). The Hall–Kier alpha value is -4.30. The van der Waals surface area contributed by atoms with Crippen molar-refractivity contribution >= 4 is 23.6 Å². The zero-order valence-electron chi connectivity index (χ0n) is 23.8. The van der Waals surface area contributed by atoms with E-state index < -0.39 is 35.6 Å². The topological polar surface area (TPSA) is 112 Å². The zero-order valence-corrected chi connectivity index (χ0v) is 23.8. The number of ether oxygens (including phenoxy) is 1. The summed E-state index contributed by atoms with van der Waals surface area (Å²) in [6.07, 6.45) is 5.04. The fourth-order valence-corrected chi connectivity index (χ4v) is 4.15. The number of para-hydroxylation sites is 1. The molecule has 0 saturated heterocycles. The molecule has 2 atom stereocenters. The van der Waals surface area contributed by atoms with Gasteiger partial charge in [0.25, 0.3) is 5.91 Å². The minimum absolute atomic E-state index is 0.0228. The summed E-state index contributed by atoms with van der Waals surface area (Å²) in [4.78, 5) is 41.7. The summed E-state index contributed by atoms with van der Waals surface area (Å²) < 4.78 is 5.38. The highest BCUT2D eigenvalue weighted by atomic mass is 16.6. The molecule has 2 unspecified atom stereocenters. The summed E-state index contributed by atoms with van der Waals surface area (Å²) in [5, 5.41) is 15.3. The van der Waals surface area contributed by atoms with Crippen LogP contribution in [0.25, 0.3) is 0 Å². The van der Waals surface area contributed by atoms with Crippen LogP contribution in [0.4, 0.5) is 10.5 Å². The molecule has 8 nitrogen and oxygen atoms in total. The Bertz CT molecular complexity index is 1240. The standard InChI is InChI=1S/C31H38N4O4/c1-9-23-13-15-24(16-14-23)27(28(36)34-26-21(4)11-10-12-22(26)5)35(18-17-32)29(37)25(19-20(2)3)33-30(38)39-31(6,7)8/h1,10-16,20,25,27H,18-19H2,2-8H3,(H,33,38)(H,34,36). The number of aryl methyl sites for hydroxylation is 2. The molecular formula is C31H38N4O4. The molecule has 0 fully saturated rings. The first-order valence-electron chi connectivity index (χ1n) is 12.9. The van der Waals surface area contributed by atoms with Crippen molar-refractivity contribution in [1.29, 1.82) is 5.26 Å². The van der Waals surface area contributed by atoms with E-state index in [-0.39, 0.29) is 18.9 Å². The molecule has 0 heterocycles. The molecule has 8 heteroatoms. The van der Waals surface area contributed by atoms with Gasteiger partial charge in [-0.3, -0.25) is 9.59 Å². The second-order valence-electron chi connectivity index (χ2n) is 10.9. The molecule has 39 heavy (non-hydrogen) atoms. The lowest BCUT2D eigenvalue weighted by Gasteiger charge is -2.33. The minimum Gasteiger partial charge on any atom is -0.444 e. The van der Waals surface area contributed by atoms with Crippen molar-refractivity contribution in [1.82, 2.24) is 10.2 Å². The Morgan fingerprint density at radius 2 is 1.64 bits per heavy atom. The normalized spacial score (nSPS) is 12.5. The average Bonchev–Trinajstić information content (AvgIpc) is 2.84. The number of rotatable bonds is 9. The molecule has 3 amide bonds. The lowest BCUT2D eigenvalue weighted by atomic mass is 9.98.